The smallest absolute Gasteiger partial charge is 0.231 e. The summed E-state index contributed by atoms with van der Waals surface area (Å²) in [4.78, 5) is 26.8. The number of benzene rings is 2. The third-order valence-corrected chi connectivity index (χ3v) is 5.32. The second-order valence-electron chi connectivity index (χ2n) is 7.49. The van der Waals surface area contributed by atoms with Gasteiger partial charge in [0, 0.05) is 31.3 Å². The zero-order valence-electron chi connectivity index (χ0n) is 17.7. The van der Waals surface area contributed by atoms with E-state index in [2.05, 4.69) is 5.32 Å². The minimum atomic E-state index is -0.410. The van der Waals surface area contributed by atoms with Crippen LogP contribution in [0.15, 0.2) is 36.4 Å². The van der Waals surface area contributed by atoms with Crippen molar-refractivity contribution >= 4 is 17.5 Å². The first kappa shape index (κ1) is 20.8. The van der Waals surface area contributed by atoms with Gasteiger partial charge in [0.2, 0.25) is 18.6 Å². The van der Waals surface area contributed by atoms with Gasteiger partial charge in [-0.3, -0.25) is 9.59 Å². The van der Waals surface area contributed by atoms with Crippen LogP contribution < -0.4 is 29.2 Å². The predicted molar refractivity (Wildman–Crippen MR) is 114 cm³/mol. The molecular formula is C23H26N2O6. The molecular weight excluding hydrogens is 400 g/mol. The van der Waals surface area contributed by atoms with E-state index in [-0.39, 0.29) is 25.0 Å². The molecule has 0 radical (unpaired) electrons. The maximum absolute atomic E-state index is 12.7. The van der Waals surface area contributed by atoms with E-state index in [9.17, 15) is 9.59 Å². The molecule has 2 heterocycles. The number of nitrogens with zero attached hydrogens (tertiary/aromatic N) is 1. The van der Waals surface area contributed by atoms with E-state index in [4.69, 9.17) is 18.9 Å². The Balaban J connectivity index is 1.36. The average molecular weight is 426 g/mol. The molecule has 2 aliphatic heterocycles. The largest absolute Gasteiger partial charge is 0.493 e. The van der Waals surface area contributed by atoms with Gasteiger partial charge in [-0.15, -0.1) is 0 Å². The second-order valence-corrected chi connectivity index (χ2v) is 7.49. The van der Waals surface area contributed by atoms with Gasteiger partial charge in [0.05, 0.1) is 19.6 Å². The van der Waals surface area contributed by atoms with E-state index >= 15 is 0 Å². The number of hydrogen-bond donors (Lipinski definition) is 1. The van der Waals surface area contributed by atoms with Crippen molar-refractivity contribution < 1.29 is 28.5 Å². The Morgan fingerprint density at radius 1 is 1.16 bits per heavy atom. The van der Waals surface area contributed by atoms with Gasteiger partial charge < -0.3 is 29.2 Å². The Morgan fingerprint density at radius 2 is 2.00 bits per heavy atom. The van der Waals surface area contributed by atoms with Crippen LogP contribution in [0.2, 0.25) is 0 Å². The summed E-state index contributed by atoms with van der Waals surface area (Å²) >= 11 is 0. The lowest BCUT2D eigenvalue weighted by molar-refractivity contribution is -0.126. The molecule has 0 aromatic heterocycles. The molecule has 0 bridgehead atoms. The van der Waals surface area contributed by atoms with Crippen molar-refractivity contribution in [2.45, 2.75) is 26.3 Å². The molecule has 8 heteroatoms. The van der Waals surface area contributed by atoms with Crippen molar-refractivity contribution in [1.29, 1.82) is 0 Å². The monoisotopic (exact) mass is 426 g/mol. The number of ether oxygens (including phenoxy) is 4. The molecule has 1 saturated heterocycles. The van der Waals surface area contributed by atoms with E-state index < -0.39 is 5.92 Å². The third kappa shape index (κ3) is 4.52. The van der Waals surface area contributed by atoms with Gasteiger partial charge in [-0.25, -0.2) is 0 Å². The van der Waals surface area contributed by atoms with Gasteiger partial charge in [0.25, 0.3) is 0 Å². The van der Waals surface area contributed by atoms with Crippen LogP contribution >= 0.6 is 0 Å². The molecule has 1 fully saturated rings. The van der Waals surface area contributed by atoms with Crippen LogP contribution in [0, 0.1) is 5.92 Å². The Labute approximate surface area is 181 Å². The van der Waals surface area contributed by atoms with Crippen LogP contribution in [-0.4, -0.2) is 38.9 Å². The number of anilines is 1. The summed E-state index contributed by atoms with van der Waals surface area (Å²) in [6.45, 7) is 3.50. The van der Waals surface area contributed by atoms with Crippen molar-refractivity contribution in [1.82, 2.24) is 5.32 Å². The van der Waals surface area contributed by atoms with Crippen molar-refractivity contribution in [3.8, 4) is 23.0 Å². The summed E-state index contributed by atoms with van der Waals surface area (Å²) in [6, 6.07) is 10.9. The molecule has 2 aliphatic rings. The summed E-state index contributed by atoms with van der Waals surface area (Å²) in [7, 11) is 1.59. The van der Waals surface area contributed by atoms with Crippen molar-refractivity contribution in [2.75, 3.05) is 32.0 Å². The maximum atomic E-state index is 12.7. The molecule has 2 amide bonds. The van der Waals surface area contributed by atoms with Gasteiger partial charge in [0.1, 0.15) is 0 Å². The summed E-state index contributed by atoms with van der Waals surface area (Å²) in [5, 5.41) is 2.93. The highest BCUT2D eigenvalue weighted by Crippen LogP contribution is 2.37. The van der Waals surface area contributed by atoms with Crippen LogP contribution in [0.3, 0.4) is 0 Å². The summed E-state index contributed by atoms with van der Waals surface area (Å²) in [5.41, 5.74) is 1.60. The first-order valence-electron chi connectivity index (χ1n) is 10.4. The van der Waals surface area contributed by atoms with Gasteiger partial charge in [-0.1, -0.05) is 13.0 Å². The third-order valence-electron chi connectivity index (χ3n) is 5.32. The Kier molecular flexibility index (Phi) is 6.16. The predicted octanol–water partition coefficient (Wildman–Crippen LogP) is 2.88. The van der Waals surface area contributed by atoms with E-state index in [1.54, 1.807) is 30.2 Å². The Bertz CT molecular complexity index is 977. The standard InChI is InChI=1S/C23H26N2O6/c1-3-8-29-18-6-4-15(9-20(18)28-2)12-24-23(27)16-10-22(26)25(13-16)17-5-7-19-21(11-17)31-14-30-19/h4-7,9,11,16H,3,8,10,12-14H2,1-2H3,(H,24,27). The summed E-state index contributed by atoms with van der Waals surface area (Å²) in [5.74, 6) is 1.93. The fourth-order valence-electron chi connectivity index (χ4n) is 3.67. The fraction of sp³-hybridized carbons (Fsp3) is 0.391. The second kappa shape index (κ2) is 9.16. The van der Waals surface area contributed by atoms with E-state index in [0.717, 1.165) is 12.0 Å². The van der Waals surface area contributed by atoms with Crippen molar-refractivity contribution in [3.05, 3.63) is 42.0 Å². The van der Waals surface area contributed by atoms with Crippen molar-refractivity contribution in [2.24, 2.45) is 5.92 Å². The molecule has 1 atom stereocenters. The van der Waals surface area contributed by atoms with Crippen LogP contribution in [0.1, 0.15) is 25.3 Å². The molecule has 0 aliphatic carbocycles. The summed E-state index contributed by atoms with van der Waals surface area (Å²) in [6.07, 6.45) is 1.08. The fourth-order valence-corrected chi connectivity index (χ4v) is 3.67. The highest BCUT2D eigenvalue weighted by Gasteiger charge is 2.35. The van der Waals surface area contributed by atoms with Crippen LogP contribution in [0.25, 0.3) is 0 Å². The summed E-state index contributed by atoms with van der Waals surface area (Å²) < 4.78 is 21.7. The highest BCUT2D eigenvalue weighted by atomic mass is 16.7. The zero-order chi connectivity index (χ0) is 21.8. The van der Waals surface area contributed by atoms with Crippen LogP contribution in [-0.2, 0) is 16.1 Å². The number of fused-ring (bicyclic) bond motifs is 1. The number of nitrogens with one attached hydrogen (secondary N) is 1. The zero-order valence-corrected chi connectivity index (χ0v) is 17.7. The normalized spacial score (nSPS) is 17.0. The molecule has 2 aromatic carbocycles. The van der Waals surface area contributed by atoms with Gasteiger partial charge in [0.15, 0.2) is 23.0 Å². The van der Waals surface area contributed by atoms with Crippen LogP contribution in [0.4, 0.5) is 5.69 Å². The molecule has 1 unspecified atom stereocenters. The molecule has 4 rings (SSSR count). The minimum absolute atomic E-state index is 0.0851. The Hall–Kier alpha value is -3.42. The number of carbonyl (C=O) groups excluding carboxylic acids is 2. The first-order chi connectivity index (χ1) is 15.1. The molecule has 1 N–H and O–H groups in total. The molecule has 2 aromatic rings. The topological polar surface area (TPSA) is 86.3 Å². The van der Waals surface area contributed by atoms with E-state index in [0.29, 0.717) is 48.4 Å². The average Bonchev–Trinajstić information content (AvgIpc) is 3.42. The van der Waals surface area contributed by atoms with Gasteiger partial charge in [-0.2, -0.15) is 0 Å². The molecule has 0 spiro atoms. The molecule has 0 saturated carbocycles. The van der Waals surface area contributed by atoms with E-state index in [1.807, 2.05) is 25.1 Å². The number of rotatable bonds is 8. The molecule has 31 heavy (non-hydrogen) atoms. The lowest BCUT2D eigenvalue weighted by Gasteiger charge is -2.17. The number of amides is 2. The minimum Gasteiger partial charge on any atom is -0.493 e. The number of methoxy groups -OCH3 is 1. The molecule has 8 nitrogen and oxygen atoms in total. The van der Waals surface area contributed by atoms with E-state index in [1.165, 1.54) is 0 Å². The maximum Gasteiger partial charge on any atom is 0.231 e. The molecule has 164 valence electrons. The van der Waals surface area contributed by atoms with Gasteiger partial charge >= 0.3 is 0 Å². The quantitative estimate of drug-likeness (QED) is 0.699. The first-order valence-corrected chi connectivity index (χ1v) is 10.4. The number of carbonyl (C=O) groups is 2. The van der Waals surface area contributed by atoms with Crippen LogP contribution in [0.5, 0.6) is 23.0 Å². The SMILES string of the molecule is CCCOc1ccc(CNC(=O)C2CC(=O)N(c3ccc4c(c3)OCO4)C2)cc1OC. The Morgan fingerprint density at radius 3 is 2.81 bits per heavy atom. The number of hydrogen-bond acceptors (Lipinski definition) is 6. The van der Waals surface area contributed by atoms with Crippen molar-refractivity contribution in [3.63, 3.8) is 0 Å². The lowest BCUT2D eigenvalue weighted by Crippen LogP contribution is -2.32. The van der Waals surface area contributed by atoms with Gasteiger partial charge in [-0.05, 0) is 36.2 Å². The lowest BCUT2D eigenvalue weighted by atomic mass is 10.1. The highest BCUT2D eigenvalue weighted by molar-refractivity contribution is 6.00.